The summed E-state index contributed by atoms with van der Waals surface area (Å²) in [7, 11) is 0. The molecule has 2 aromatic rings. The van der Waals surface area contributed by atoms with Crippen LogP contribution in [0.15, 0.2) is 18.3 Å². The third-order valence-corrected chi connectivity index (χ3v) is 5.64. The van der Waals surface area contributed by atoms with Crippen LogP contribution in [-0.2, 0) is 27.9 Å². The van der Waals surface area contributed by atoms with Crippen molar-refractivity contribution < 1.29 is 14.3 Å². The van der Waals surface area contributed by atoms with Crippen LogP contribution in [0.25, 0.3) is 11.3 Å². The standard InChI is InChI=1S/C20H23N5O3/c1-19(2,3)28-18(27)24-10-20(11-24)4-5-25-15(20)8-14(23-25)13-6-12-7-16(26)22-17(12)21-9-13/h6,8-9H,4-5,7,10-11H2,1-3H3,(H,21,22,26). The van der Waals surface area contributed by atoms with Gasteiger partial charge in [0, 0.05) is 48.1 Å². The van der Waals surface area contributed by atoms with E-state index in [1.165, 1.54) is 0 Å². The first-order valence-electron chi connectivity index (χ1n) is 9.58. The van der Waals surface area contributed by atoms with Gasteiger partial charge in [-0.25, -0.2) is 9.78 Å². The van der Waals surface area contributed by atoms with E-state index in [1.54, 1.807) is 11.1 Å². The molecule has 3 aliphatic rings. The Morgan fingerprint density at radius 2 is 2.07 bits per heavy atom. The normalized spacial score (nSPS) is 19.2. The zero-order valence-electron chi connectivity index (χ0n) is 16.3. The molecule has 1 saturated heterocycles. The number of pyridine rings is 1. The Morgan fingerprint density at radius 3 is 2.82 bits per heavy atom. The highest BCUT2D eigenvalue weighted by molar-refractivity contribution is 5.98. The third kappa shape index (κ3) is 2.66. The molecular weight excluding hydrogens is 358 g/mol. The number of carbonyl (C=O) groups excluding carboxylic acids is 2. The Labute approximate surface area is 162 Å². The minimum absolute atomic E-state index is 0.0253. The van der Waals surface area contributed by atoms with Crippen LogP contribution in [0.4, 0.5) is 10.6 Å². The largest absolute Gasteiger partial charge is 0.444 e. The number of amides is 2. The van der Waals surface area contributed by atoms with Crippen molar-refractivity contribution >= 4 is 17.8 Å². The van der Waals surface area contributed by atoms with Gasteiger partial charge >= 0.3 is 6.09 Å². The third-order valence-electron chi connectivity index (χ3n) is 5.64. The fraction of sp³-hybridized carbons (Fsp3) is 0.500. The van der Waals surface area contributed by atoms with Crippen molar-refractivity contribution in [1.29, 1.82) is 0 Å². The molecule has 0 saturated carbocycles. The summed E-state index contributed by atoms with van der Waals surface area (Å²) < 4.78 is 7.52. The summed E-state index contributed by atoms with van der Waals surface area (Å²) in [5.74, 6) is 0.617. The van der Waals surface area contributed by atoms with E-state index in [1.807, 2.05) is 31.5 Å². The number of rotatable bonds is 1. The Bertz CT molecular complexity index is 998. The quantitative estimate of drug-likeness (QED) is 0.819. The van der Waals surface area contributed by atoms with Gasteiger partial charge in [-0.1, -0.05) is 0 Å². The molecule has 0 unspecified atom stereocenters. The molecule has 3 aliphatic heterocycles. The number of ether oxygens (including phenoxy) is 1. The number of likely N-dealkylation sites (tertiary alicyclic amines) is 1. The van der Waals surface area contributed by atoms with E-state index in [0.717, 1.165) is 35.5 Å². The van der Waals surface area contributed by atoms with Crippen molar-refractivity contribution in [3.05, 3.63) is 29.6 Å². The molecule has 5 rings (SSSR count). The van der Waals surface area contributed by atoms with Crippen molar-refractivity contribution in [2.24, 2.45) is 0 Å². The number of aryl methyl sites for hydroxylation is 1. The lowest BCUT2D eigenvalue weighted by atomic mass is 9.76. The van der Waals surface area contributed by atoms with Crippen LogP contribution in [-0.4, -0.2) is 50.4 Å². The van der Waals surface area contributed by atoms with E-state index in [4.69, 9.17) is 9.84 Å². The number of anilines is 1. The highest BCUT2D eigenvalue weighted by atomic mass is 16.6. The van der Waals surface area contributed by atoms with Gasteiger partial charge in [-0.3, -0.25) is 9.48 Å². The van der Waals surface area contributed by atoms with E-state index in [-0.39, 0.29) is 17.4 Å². The average molecular weight is 381 g/mol. The molecule has 8 nitrogen and oxygen atoms in total. The van der Waals surface area contributed by atoms with Crippen molar-refractivity contribution in [3.63, 3.8) is 0 Å². The Morgan fingerprint density at radius 1 is 1.29 bits per heavy atom. The summed E-state index contributed by atoms with van der Waals surface area (Å²) in [5.41, 5.74) is 3.32. The first kappa shape index (κ1) is 17.2. The minimum Gasteiger partial charge on any atom is -0.444 e. The van der Waals surface area contributed by atoms with Gasteiger partial charge in [-0.15, -0.1) is 0 Å². The van der Waals surface area contributed by atoms with E-state index in [9.17, 15) is 9.59 Å². The zero-order valence-corrected chi connectivity index (χ0v) is 16.3. The van der Waals surface area contributed by atoms with E-state index in [2.05, 4.69) is 16.4 Å². The molecule has 2 aromatic heterocycles. The minimum atomic E-state index is -0.485. The number of nitrogens with one attached hydrogen (secondary N) is 1. The molecule has 28 heavy (non-hydrogen) atoms. The molecule has 0 radical (unpaired) electrons. The summed E-state index contributed by atoms with van der Waals surface area (Å²) in [5, 5.41) is 7.50. The second-order valence-corrected chi connectivity index (χ2v) is 8.96. The predicted octanol–water partition coefficient (Wildman–Crippen LogP) is 2.33. The van der Waals surface area contributed by atoms with Crippen molar-refractivity contribution in [3.8, 4) is 11.3 Å². The van der Waals surface area contributed by atoms with Gasteiger partial charge in [0.05, 0.1) is 12.1 Å². The summed E-state index contributed by atoms with van der Waals surface area (Å²) in [4.78, 5) is 30.0. The second kappa shape index (κ2) is 5.56. The first-order chi connectivity index (χ1) is 13.2. The summed E-state index contributed by atoms with van der Waals surface area (Å²) in [6, 6.07) is 4.09. The highest BCUT2D eigenvalue weighted by Gasteiger charge is 2.52. The maximum atomic E-state index is 12.3. The van der Waals surface area contributed by atoms with Gasteiger partial charge < -0.3 is 15.0 Å². The molecule has 146 valence electrons. The molecule has 0 aromatic carbocycles. The number of carbonyl (C=O) groups is 2. The van der Waals surface area contributed by atoms with Crippen LogP contribution in [0, 0.1) is 0 Å². The van der Waals surface area contributed by atoms with E-state index in [0.29, 0.717) is 25.3 Å². The number of fused-ring (bicyclic) bond motifs is 3. The summed E-state index contributed by atoms with van der Waals surface area (Å²) in [6.45, 7) is 7.80. The lowest BCUT2D eigenvalue weighted by molar-refractivity contribution is -0.115. The molecule has 0 aliphatic carbocycles. The van der Waals surface area contributed by atoms with Gasteiger partial charge in [0.15, 0.2) is 0 Å². The van der Waals surface area contributed by atoms with Crippen LogP contribution in [0.5, 0.6) is 0 Å². The lowest BCUT2D eigenvalue weighted by Crippen LogP contribution is -2.61. The molecule has 0 atom stereocenters. The maximum absolute atomic E-state index is 12.3. The molecule has 5 heterocycles. The van der Waals surface area contributed by atoms with Gasteiger partial charge in [-0.05, 0) is 39.3 Å². The van der Waals surface area contributed by atoms with Crippen LogP contribution >= 0.6 is 0 Å². The van der Waals surface area contributed by atoms with Gasteiger partial charge in [0.2, 0.25) is 5.91 Å². The topological polar surface area (TPSA) is 89.3 Å². The van der Waals surface area contributed by atoms with Crippen molar-refractivity contribution in [1.82, 2.24) is 19.7 Å². The Hall–Kier alpha value is -2.90. The number of hydrogen-bond donors (Lipinski definition) is 1. The van der Waals surface area contributed by atoms with Crippen molar-refractivity contribution in [2.75, 3.05) is 18.4 Å². The zero-order chi connectivity index (χ0) is 19.7. The molecule has 2 amide bonds. The highest BCUT2D eigenvalue weighted by Crippen LogP contribution is 2.44. The summed E-state index contributed by atoms with van der Waals surface area (Å²) in [6.07, 6.45) is 2.84. The van der Waals surface area contributed by atoms with E-state index >= 15 is 0 Å². The molecule has 1 spiro atoms. The van der Waals surface area contributed by atoms with E-state index < -0.39 is 5.60 Å². The molecule has 8 heteroatoms. The maximum Gasteiger partial charge on any atom is 0.410 e. The van der Waals surface area contributed by atoms with Gasteiger partial charge in [-0.2, -0.15) is 5.10 Å². The fourth-order valence-corrected chi connectivity index (χ4v) is 4.31. The first-order valence-corrected chi connectivity index (χ1v) is 9.58. The predicted molar refractivity (Wildman–Crippen MR) is 102 cm³/mol. The van der Waals surface area contributed by atoms with Crippen LogP contribution in [0.2, 0.25) is 0 Å². The lowest BCUT2D eigenvalue weighted by Gasteiger charge is -2.47. The number of hydrogen-bond acceptors (Lipinski definition) is 5. The van der Waals surface area contributed by atoms with Crippen LogP contribution < -0.4 is 5.32 Å². The smallest absolute Gasteiger partial charge is 0.410 e. The van der Waals surface area contributed by atoms with Gasteiger partial charge in [0.1, 0.15) is 11.4 Å². The Kier molecular flexibility index (Phi) is 3.42. The van der Waals surface area contributed by atoms with Gasteiger partial charge in [0.25, 0.3) is 0 Å². The van der Waals surface area contributed by atoms with Crippen molar-refractivity contribution in [2.45, 2.75) is 51.2 Å². The fourth-order valence-electron chi connectivity index (χ4n) is 4.31. The SMILES string of the molecule is CC(C)(C)OC(=O)N1CC2(CCn3nc(-c4cnc5c(c4)CC(=O)N5)cc32)C1. The molecule has 0 bridgehead atoms. The van der Waals surface area contributed by atoms with Crippen LogP contribution in [0.3, 0.4) is 0 Å². The Balaban J connectivity index is 1.36. The molecule has 1 fully saturated rings. The van der Waals surface area contributed by atoms with Crippen LogP contribution in [0.1, 0.15) is 38.4 Å². The second-order valence-electron chi connectivity index (χ2n) is 8.96. The molecule has 1 N–H and O–H groups in total. The average Bonchev–Trinajstić information content (AvgIpc) is 3.21. The molecular formula is C20H23N5O3. The number of nitrogens with zero attached hydrogens (tertiary/aromatic N) is 4. The monoisotopic (exact) mass is 381 g/mol. The summed E-state index contributed by atoms with van der Waals surface area (Å²) >= 11 is 0. The number of aromatic nitrogens is 3.